The average Bonchev–Trinajstić information content (AvgIpc) is 2.63. The molecule has 0 bridgehead atoms. The molecule has 0 aliphatic heterocycles. The second kappa shape index (κ2) is 8.54. The van der Waals surface area contributed by atoms with Gasteiger partial charge in [-0.05, 0) is 74.7 Å². The van der Waals surface area contributed by atoms with Crippen molar-refractivity contribution in [2.45, 2.75) is 97.3 Å². The van der Waals surface area contributed by atoms with Gasteiger partial charge < -0.3 is 0 Å². The minimum absolute atomic E-state index is 0.745. The van der Waals surface area contributed by atoms with Gasteiger partial charge in [-0.3, -0.25) is 0 Å². The van der Waals surface area contributed by atoms with Gasteiger partial charge in [0.1, 0.15) is 0 Å². The Morgan fingerprint density at radius 1 is 0.917 bits per heavy atom. The summed E-state index contributed by atoms with van der Waals surface area (Å²) in [6, 6.07) is 9.20. The Bertz CT molecular complexity index is 464. The quantitative estimate of drug-likeness (QED) is 0.508. The minimum atomic E-state index is 0.745. The SMILES string of the molecule is CCCC1(C2CCC(CCc3ccc(C)cc3)CC2)CCCCC1. The summed E-state index contributed by atoms with van der Waals surface area (Å²) in [6.07, 6.45) is 19.3. The van der Waals surface area contributed by atoms with Gasteiger partial charge >= 0.3 is 0 Å². The molecule has 1 aromatic carbocycles. The van der Waals surface area contributed by atoms with Crippen molar-refractivity contribution in [3.8, 4) is 0 Å². The normalized spacial score (nSPS) is 27.1. The fourth-order valence-electron chi connectivity index (χ4n) is 5.81. The third-order valence-corrected chi connectivity index (χ3v) is 7.27. The lowest BCUT2D eigenvalue weighted by Crippen LogP contribution is -2.35. The largest absolute Gasteiger partial charge is 0.0654 e. The Hall–Kier alpha value is -0.780. The summed E-state index contributed by atoms with van der Waals surface area (Å²) in [5.41, 5.74) is 3.67. The molecule has 1 aromatic rings. The standard InChI is InChI=1S/C24H38/c1-3-17-24(18-5-4-6-19-24)23-15-13-22(14-16-23)12-11-21-9-7-20(2)8-10-21/h7-10,22-23H,3-6,11-19H2,1-2H3. The number of benzene rings is 1. The van der Waals surface area contributed by atoms with Crippen LogP contribution in [-0.4, -0.2) is 0 Å². The first-order valence-corrected chi connectivity index (χ1v) is 10.8. The highest BCUT2D eigenvalue weighted by molar-refractivity contribution is 5.21. The first kappa shape index (κ1) is 18.0. The van der Waals surface area contributed by atoms with Crippen LogP contribution in [0.2, 0.25) is 0 Å². The fourth-order valence-corrected chi connectivity index (χ4v) is 5.81. The van der Waals surface area contributed by atoms with Gasteiger partial charge in [-0.15, -0.1) is 0 Å². The summed E-state index contributed by atoms with van der Waals surface area (Å²) in [4.78, 5) is 0. The molecule has 0 amide bonds. The zero-order valence-corrected chi connectivity index (χ0v) is 16.2. The second-order valence-electron chi connectivity index (χ2n) is 8.91. The van der Waals surface area contributed by atoms with Crippen molar-refractivity contribution in [2.75, 3.05) is 0 Å². The van der Waals surface area contributed by atoms with Crippen molar-refractivity contribution >= 4 is 0 Å². The Balaban J connectivity index is 1.48. The summed E-state index contributed by atoms with van der Waals surface area (Å²) >= 11 is 0. The van der Waals surface area contributed by atoms with Crippen molar-refractivity contribution in [1.29, 1.82) is 0 Å². The van der Waals surface area contributed by atoms with E-state index in [0.717, 1.165) is 17.3 Å². The summed E-state index contributed by atoms with van der Waals surface area (Å²) in [7, 11) is 0. The number of hydrogen-bond donors (Lipinski definition) is 0. The van der Waals surface area contributed by atoms with Crippen LogP contribution in [0.1, 0.15) is 95.1 Å². The van der Waals surface area contributed by atoms with E-state index in [1.165, 1.54) is 81.8 Å². The first-order valence-electron chi connectivity index (χ1n) is 10.8. The molecule has 0 saturated heterocycles. The predicted molar refractivity (Wildman–Crippen MR) is 105 cm³/mol. The van der Waals surface area contributed by atoms with E-state index in [-0.39, 0.29) is 0 Å². The van der Waals surface area contributed by atoms with E-state index in [4.69, 9.17) is 0 Å². The molecule has 0 N–H and O–H groups in total. The van der Waals surface area contributed by atoms with Gasteiger partial charge in [0.25, 0.3) is 0 Å². The minimum Gasteiger partial charge on any atom is -0.0654 e. The molecule has 0 heteroatoms. The highest BCUT2D eigenvalue weighted by atomic mass is 14.4. The Morgan fingerprint density at radius 2 is 1.58 bits per heavy atom. The molecule has 2 aliphatic carbocycles. The van der Waals surface area contributed by atoms with Crippen LogP contribution >= 0.6 is 0 Å². The van der Waals surface area contributed by atoms with Crippen LogP contribution < -0.4 is 0 Å². The van der Waals surface area contributed by atoms with Crippen LogP contribution in [0.25, 0.3) is 0 Å². The summed E-state index contributed by atoms with van der Waals surface area (Å²) in [5, 5.41) is 0. The van der Waals surface area contributed by atoms with E-state index in [1.54, 1.807) is 12.8 Å². The van der Waals surface area contributed by atoms with Gasteiger partial charge in [-0.25, -0.2) is 0 Å². The first-order chi connectivity index (χ1) is 11.7. The zero-order valence-electron chi connectivity index (χ0n) is 16.2. The lowest BCUT2D eigenvalue weighted by atomic mass is 9.59. The topological polar surface area (TPSA) is 0 Å². The van der Waals surface area contributed by atoms with Crippen LogP contribution in [-0.2, 0) is 6.42 Å². The lowest BCUT2D eigenvalue weighted by molar-refractivity contribution is 0.0445. The highest BCUT2D eigenvalue weighted by Gasteiger charge is 2.40. The predicted octanol–water partition coefficient (Wildman–Crippen LogP) is 7.48. The van der Waals surface area contributed by atoms with Gasteiger partial charge in [0.2, 0.25) is 0 Å². The van der Waals surface area contributed by atoms with E-state index in [9.17, 15) is 0 Å². The molecule has 24 heavy (non-hydrogen) atoms. The van der Waals surface area contributed by atoms with Gasteiger partial charge in [0.15, 0.2) is 0 Å². The second-order valence-corrected chi connectivity index (χ2v) is 8.91. The molecule has 2 fully saturated rings. The smallest absolute Gasteiger partial charge is 0.0269 e. The molecule has 0 atom stereocenters. The molecule has 2 saturated carbocycles. The molecule has 0 heterocycles. The van der Waals surface area contributed by atoms with E-state index in [1.807, 2.05) is 0 Å². The van der Waals surface area contributed by atoms with E-state index in [2.05, 4.69) is 38.1 Å². The molecular formula is C24H38. The summed E-state index contributed by atoms with van der Waals surface area (Å²) in [6.45, 7) is 4.59. The van der Waals surface area contributed by atoms with E-state index < -0.39 is 0 Å². The molecule has 0 nitrogen and oxygen atoms in total. The number of hydrogen-bond acceptors (Lipinski definition) is 0. The van der Waals surface area contributed by atoms with E-state index >= 15 is 0 Å². The van der Waals surface area contributed by atoms with E-state index in [0.29, 0.717) is 0 Å². The van der Waals surface area contributed by atoms with Crippen molar-refractivity contribution in [1.82, 2.24) is 0 Å². The molecule has 2 aliphatic rings. The van der Waals surface area contributed by atoms with Gasteiger partial charge in [-0.1, -0.05) is 75.3 Å². The maximum atomic E-state index is 2.41. The van der Waals surface area contributed by atoms with Crippen LogP contribution in [0.3, 0.4) is 0 Å². The van der Waals surface area contributed by atoms with Crippen LogP contribution in [0.4, 0.5) is 0 Å². The molecule has 0 unspecified atom stereocenters. The molecular weight excluding hydrogens is 288 g/mol. The maximum absolute atomic E-state index is 2.41. The number of aryl methyl sites for hydroxylation is 2. The highest BCUT2D eigenvalue weighted by Crippen LogP contribution is 2.52. The van der Waals surface area contributed by atoms with Crippen molar-refractivity contribution in [3.05, 3.63) is 35.4 Å². The monoisotopic (exact) mass is 326 g/mol. The van der Waals surface area contributed by atoms with Crippen molar-refractivity contribution in [3.63, 3.8) is 0 Å². The number of rotatable bonds is 6. The molecule has 3 rings (SSSR count). The third-order valence-electron chi connectivity index (χ3n) is 7.27. The summed E-state index contributed by atoms with van der Waals surface area (Å²) in [5.74, 6) is 2.04. The van der Waals surface area contributed by atoms with Crippen molar-refractivity contribution < 1.29 is 0 Å². The van der Waals surface area contributed by atoms with Crippen LogP contribution in [0.5, 0.6) is 0 Å². The average molecular weight is 327 g/mol. The summed E-state index contributed by atoms with van der Waals surface area (Å²) < 4.78 is 0. The van der Waals surface area contributed by atoms with Crippen molar-refractivity contribution in [2.24, 2.45) is 17.3 Å². The maximum Gasteiger partial charge on any atom is -0.0269 e. The van der Waals surface area contributed by atoms with Gasteiger partial charge in [0, 0.05) is 0 Å². The molecule has 0 radical (unpaired) electrons. The Kier molecular flexibility index (Phi) is 6.42. The Morgan fingerprint density at radius 3 is 2.21 bits per heavy atom. The fraction of sp³-hybridized carbons (Fsp3) is 0.750. The third kappa shape index (κ3) is 4.44. The van der Waals surface area contributed by atoms with Gasteiger partial charge in [-0.2, -0.15) is 0 Å². The molecule has 134 valence electrons. The van der Waals surface area contributed by atoms with Crippen LogP contribution in [0.15, 0.2) is 24.3 Å². The van der Waals surface area contributed by atoms with Gasteiger partial charge in [0.05, 0.1) is 0 Å². The van der Waals surface area contributed by atoms with Crippen LogP contribution in [0, 0.1) is 24.2 Å². The lowest BCUT2D eigenvalue weighted by Gasteiger charge is -2.47. The Labute approximate surface area is 150 Å². The molecule has 0 aromatic heterocycles. The molecule has 0 spiro atoms. The zero-order chi connectivity index (χ0) is 16.8.